The second-order valence-electron chi connectivity index (χ2n) is 11.4. The van der Waals surface area contributed by atoms with E-state index in [2.05, 4.69) is 37.3 Å². The third-order valence-electron chi connectivity index (χ3n) is 8.47. The van der Waals surface area contributed by atoms with Crippen molar-refractivity contribution in [2.45, 2.75) is 38.4 Å². The first kappa shape index (κ1) is 28.8. The van der Waals surface area contributed by atoms with Gasteiger partial charge in [0.05, 0.1) is 5.69 Å². The van der Waals surface area contributed by atoms with Gasteiger partial charge in [-0.2, -0.15) is 23.4 Å². The Morgan fingerprint density at radius 3 is 2.33 bits per heavy atom. The molecule has 2 N–H and O–H groups in total. The number of carbonyl (C=O) groups is 1. The number of hydrogen-bond acceptors (Lipinski definition) is 5. The molecule has 0 radical (unpaired) electrons. The summed E-state index contributed by atoms with van der Waals surface area (Å²) in [6.07, 6.45) is -1.95. The van der Waals surface area contributed by atoms with Crippen LogP contribution in [0.25, 0.3) is 28.2 Å². The number of fused-ring (bicyclic) bond motifs is 1. The molecule has 7 rings (SSSR count). The molecule has 0 unspecified atom stereocenters. The minimum absolute atomic E-state index is 0.0424. The van der Waals surface area contributed by atoms with Crippen LogP contribution in [-0.2, 0) is 19.1 Å². The Kier molecular flexibility index (Phi) is 7.36. The van der Waals surface area contributed by atoms with Crippen LogP contribution in [0.2, 0.25) is 0 Å². The highest BCUT2D eigenvalue weighted by molar-refractivity contribution is 6.07. The maximum atomic E-state index is 14.2. The van der Waals surface area contributed by atoms with Crippen LogP contribution in [-0.4, -0.2) is 55.4 Å². The highest BCUT2D eigenvalue weighted by Gasteiger charge is 2.42. The highest BCUT2D eigenvalue weighted by atomic mass is 19.4. The topological polar surface area (TPSA) is 103 Å². The van der Waals surface area contributed by atoms with Crippen LogP contribution >= 0.6 is 0 Å². The molecule has 0 spiro atoms. The number of nitrogens with one attached hydrogen (secondary N) is 2. The molecule has 2 aliphatic rings. The van der Waals surface area contributed by atoms with Crippen molar-refractivity contribution in [3.63, 3.8) is 0 Å². The zero-order chi connectivity index (χ0) is 31.1. The van der Waals surface area contributed by atoms with Crippen molar-refractivity contribution in [1.82, 2.24) is 29.9 Å². The summed E-state index contributed by atoms with van der Waals surface area (Å²) in [7, 11) is 0. The molecule has 45 heavy (non-hydrogen) atoms. The van der Waals surface area contributed by atoms with Gasteiger partial charge in [-0.15, -0.1) is 0 Å². The summed E-state index contributed by atoms with van der Waals surface area (Å²) in [5.74, 6) is -0.350. The van der Waals surface area contributed by atoms with Crippen LogP contribution < -0.4 is 10.6 Å². The summed E-state index contributed by atoms with van der Waals surface area (Å²) >= 11 is 0. The van der Waals surface area contributed by atoms with Crippen LogP contribution in [0.15, 0.2) is 77.6 Å². The van der Waals surface area contributed by atoms with Gasteiger partial charge in [-0.1, -0.05) is 48.5 Å². The van der Waals surface area contributed by atoms with Gasteiger partial charge in [-0.05, 0) is 79.7 Å². The average molecular weight is 614 g/mol. The normalized spacial score (nSPS) is 15.8. The minimum Gasteiger partial charge on any atom is -0.307 e. The van der Waals surface area contributed by atoms with Gasteiger partial charge in [0.15, 0.2) is 11.5 Å². The Bertz CT molecular complexity index is 1920. The van der Waals surface area contributed by atoms with E-state index >= 15 is 0 Å². The van der Waals surface area contributed by atoms with Gasteiger partial charge < -0.3 is 4.90 Å². The first-order valence-corrected chi connectivity index (χ1v) is 14.9. The standard InChI is InChI=1S/C33H30F3N7O2/c34-33(35,36)29-27-11-6-18-42(24-14-12-21(13-15-24)26-10-2-1-7-23(26)20-41-16-3-4-17-41)31(44)28(27)43(40-29)25-9-5-8-22(19-25)30-37-32(45)39-38-30/h1-2,5,7-10,12-15,19H,3-4,6,11,16-18,20H2,(H2,37,38,39,45). The van der Waals surface area contributed by atoms with Crippen LogP contribution in [0.5, 0.6) is 0 Å². The van der Waals surface area contributed by atoms with Gasteiger partial charge in [-0.3, -0.25) is 14.7 Å². The van der Waals surface area contributed by atoms with Gasteiger partial charge in [-0.25, -0.2) is 14.6 Å². The van der Waals surface area contributed by atoms with Crippen molar-refractivity contribution >= 4 is 11.6 Å². The molecular formula is C33H30F3N7O2. The number of aromatic nitrogens is 5. The van der Waals surface area contributed by atoms with E-state index in [1.54, 1.807) is 18.2 Å². The first-order chi connectivity index (χ1) is 21.8. The lowest BCUT2D eigenvalue weighted by atomic mass is 9.99. The number of hydrogen-bond donors (Lipinski definition) is 2. The maximum Gasteiger partial charge on any atom is 0.435 e. The van der Waals surface area contributed by atoms with Crippen LogP contribution in [0, 0.1) is 0 Å². The molecule has 4 heterocycles. The van der Waals surface area contributed by atoms with Crippen molar-refractivity contribution in [2.24, 2.45) is 0 Å². The van der Waals surface area contributed by atoms with Crippen molar-refractivity contribution in [1.29, 1.82) is 0 Å². The van der Waals surface area contributed by atoms with Gasteiger partial charge in [0.2, 0.25) is 0 Å². The quantitative estimate of drug-likeness (QED) is 0.251. The molecule has 5 aromatic rings. The van der Waals surface area contributed by atoms with Gasteiger partial charge in [0.1, 0.15) is 5.69 Å². The SMILES string of the molecule is O=C1c2c(c(C(F)(F)F)nn2-c2cccc(-c3n[nH]c(=O)[nH]3)c2)CCCN1c1ccc(-c2ccccc2CN2CCCC2)cc1. The Labute approximate surface area is 256 Å². The molecule has 12 heteroatoms. The third kappa shape index (κ3) is 5.57. The monoisotopic (exact) mass is 613 g/mol. The van der Waals surface area contributed by atoms with E-state index in [1.165, 1.54) is 29.4 Å². The predicted octanol–water partition coefficient (Wildman–Crippen LogP) is 5.83. The number of rotatable bonds is 6. The summed E-state index contributed by atoms with van der Waals surface area (Å²) in [5.41, 5.74) is 2.79. The number of alkyl halides is 3. The molecule has 1 saturated heterocycles. The van der Waals surface area contributed by atoms with Crippen LogP contribution in [0.1, 0.15) is 46.6 Å². The average Bonchev–Trinajstić information content (AvgIpc) is 3.78. The first-order valence-electron chi connectivity index (χ1n) is 14.9. The third-order valence-corrected chi connectivity index (χ3v) is 8.47. The van der Waals surface area contributed by atoms with Gasteiger partial charge >= 0.3 is 11.9 Å². The number of benzene rings is 3. The molecular weight excluding hydrogens is 583 g/mol. The fourth-order valence-electron chi connectivity index (χ4n) is 6.35. The molecule has 0 aliphatic carbocycles. The lowest BCUT2D eigenvalue weighted by molar-refractivity contribution is -0.141. The summed E-state index contributed by atoms with van der Waals surface area (Å²) in [4.78, 5) is 32.3. The lowest BCUT2D eigenvalue weighted by Crippen LogP contribution is -2.32. The minimum atomic E-state index is -4.75. The Morgan fingerprint density at radius 1 is 0.822 bits per heavy atom. The number of H-pyrrole nitrogens is 2. The molecule has 2 aromatic heterocycles. The predicted molar refractivity (Wildman–Crippen MR) is 163 cm³/mol. The zero-order valence-electron chi connectivity index (χ0n) is 24.3. The molecule has 1 amide bonds. The van der Waals surface area contributed by atoms with Crippen LogP contribution in [0.4, 0.5) is 18.9 Å². The van der Waals surface area contributed by atoms with Gasteiger partial charge in [0.25, 0.3) is 5.91 Å². The molecule has 0 atom stereocenters. The van der Waals surface area contributed by atoms with Gasteiger partial charge in [0, 0.05) is 29.9 Å². The number of likely N-dealkylation sites (tertiary alicyclic amines) is 1. The van der Waals surface area contributed by atoms with E-state index in [4.69, 9.17) is 0 Å². The number of carbonyl (C=O) groups excluding carboxylic acids is 1. The Morgan fingerprint density at radius 2 is 1.60 bits per heavy atom. The number of halogens is 3. The molecule has 1 fully saturated rings. The number of amides is 1. The summed E-state index contributed by atoms with van der Waals surface area (Å²) in [6, 6.07) is 22.3. The second-order valence-corrected chi connectivity index (χ2v) is 11.4. The number of nitrogens with zero attached hydrogens (tertiary/aromatic N) is 5. The van der Waals surface area contributed by atoms with E-state index < -0.39 is 23.5 Å². The molecule has 3 aromatic carbocycles. The largest absolute Gasteiger partial charge is 0.435 e. The van der Waals surface area contributed by atoms with Crippen molar-refractivity contribution in [3.05, 3.63) is 106 Å². The highest BCUT2D eigenvalue weighted by Crippen LogP contribution is 2.37. The molecule has 0 bridgehead atoms. The van der Waals surface area contributed by atoms with E-state index in [0.717, 1.165) is 35.4 Å². The Balaban J connectivity index is 1.25. The lowest BCUT2D eigenvalue weighted by Gasteiger charge is -2.22. The van der Waals surface area contributed by atoms with E-state index in [1.807, 2.05) is 36.4 Å². The van der Waals surface area contributed by atoms with Crippen molar-refractivity contribution in [3.8, 4) is 28.2 Å². The second kappa shape index (κ2) is 11.5. The van der Waals surface area contributed by atoms with E-state index in [9.17, 15) is 22.8 Å². The molecule has 2 aliphatic heterocycles. The van der Waals surface area contributed by atoms with Crippen molar-refractivity contribution < 1.29 is 18.0 Å². The summed E-state index contributed by atoms with van der Waals surface area (Å²) in [6.45, 7) is 3.30. The molecule has 9 nitrogen and oxygen atoms in total. The fraction of sp³-hybridized carbons (Fsp3) is 0.273. The summed E-state index contributed by atoms with van der Waals surface area (Å²) < 4.78 is 43.8. The zero-order valence-corrected chi connectivity index (χ0v) is 24.3. The fourth-order valence-corrected chi connectivity index (χ4v) is 6.35. The Hall–Kier alpha value is -4.97. The van der Waals surface area contributed by atoms with E-state index in [-0.39, 0.29) is 35.7 Å². The molecule has 230 valence electrons. The number of anilines is 1. The smallest absolute Gasteiger partial charge is 0.307 e. The van der Waals surface area contributed by atoms with E-state index in [0.29, 0.717) is 17.7 Å². The maximum absolute atomic E-state index is 14.2. The van der Waals surface area contributed by atoms with Crippen molar-refractivity contribution in [2.75, 3.05) is 24.5 Å². The summed E-state index contributed by atoms with van der Waals surface area (Å²) in [5, 5.41) is 10.1. The van der Waals surface area contributed by atoms with Crippen LogP contribution in [0.3, 0.4) is 0 Å². The molecule has 0 saturated carbocycles. The number of aromatic amines is 2.